The molecule has 10 heavy (non-hydrogen) atoms. The van der Waals surface area contributed by atoms with E-state index in [2.05, 4.69) is 0 Å². The fourth-order valence-electron chi connectivity index (χ4n) is 0.892. The Kier molecular flexibility index (Phi) is 3.91. The fraction of sp³-hybridized carbons (Fsp3) is 1.00. The summed E-state index contributed by atoms with van der Waals surface area (Å²) in [6, 6.07) is 0. The summed E-state index contributed by atoms with van der Waals surface area (Å²) in [5, 5.41) is 18.5. The van der Waals surface area contributed by atoms with Gasteiger partial charge in [0.15, 0.2) is 0 Å². The van der Waals surface area contributed by atoms with Gasteiger partial charge in [-0.25, -0.2) is 0 Å². The molecule has 0 heterocycles. The van der Waals surface area contributed by atoms with Crippen molar-refractivity contribution in [2.24, 2.45) is 11.8 Å². The molecule has 0 fully saturated rings. The molecule has 0 radical (unpaired) electrons. The van der Waals surface area contributed by atoms with Crippen molar-refractivity contribution in [2.75, 3.05) is 0 Å². The molecule has 0 unspecified atom stereocenters. The lowest BCUT2D eigenvalue weighted by Gasteiger charge is -2.24. The highest BCUT2D eigenvalue weighted by molar-refractivity contribution is 4.71. The van der Waals surface area contributed by atoms with Crippen LogP contribution < -0.4 is 0 Å². The first-order valence-electron chi connectivity index (χ1n) is 3.83. The molecule has 0 aromatic carbocycles. The van der Waals surface area contributed by atoms with Gasteiger partial charge in [-0.05, 0) is 12.8 Å². The van der Waals surface area contributed by atoms with Gasteiger partial charge in [-0.15, -0.1) is 0 Å². The van der Waals surface area contributed by atoms with Gasteiger partial charge in [0.05, 0.1) is 12.2 Å². The van der Waals surface area contributed by atoms with Crippen LogP contribution in [-0.4, -0.2) is 22.4 Å². The molecule has 0 saturated carbocycles. The van der Waals surface area contributed by atoms with Gasteiger partial charge in [0.25, 0.3) is 0 Å². The molecular weight excluding hydrogens is 128 g/mol. The lowest BCUT2D eigenvalue weighted by molar-refractivity contribution is 0.00599. The van der Waals surface area contributed by atoms with Gasteiger partial charge in [0, 0.05) is 5.92 Å². The van der Waals surface area contributed by atoms with Crippen LogP contribution in [0.15, 0.2) is 0 Å². The third-order valence-corrected chi connectivity index (χ3v) is 1.98. The van der Waals surface area contributed by atoms with E-state index in [9.17, 15) is 5.11 Å². The Labute approximate surface area is 62.9 Å². The average Bonchev–Trinajstić information content (AvgIpc) is 1.84. The maximum atomic E-state index is 9.41. The Morgan fingerprint density at radius 2 is 1.30 bits per heavy atom. The molecule has 0 aliphatic rings. The van der Waals surface area contributed by atoms with Crippen LogP contribution in [0.5, 0.6) is 0 Å². The topological polar surface area (TPSA) is 40.5 Å². The van der Waals surface area contributed by atoms with Crippen LogP contribution >= 0.6 is 0 Å². The highest BCUT2D eigenvalue weighted by atomic mass is 16.3. The van der Waals surface area contributed by atoms with E-state index in [1.165, 1.54) is 0 Å². The van der Waals surface area contributed by atoms with Gasteiger partial charge in [-0.3, -0.25) is 0 Å². The average molecular weight is 146 g/mol. The van der Waals surface area contributed by atoms with Crippen molar-refractivity contribution in [3.8, 4) is 0 Å². The monoisotopic (exact) mass is 146 g/mol. The summed E-state index contributed by atoms with van der Waals surface area (Å²) in [7, 11) is 0. The largest absolute Gasteiger partial charge is 0.393 e. The first-order valence-corrected chi connectivity index (χ1v) is 3.83. The third-order valence-electron chi connectivity index (χ3n) is 1.98. The molecule has 2 N–H and O–H groups in total. The van der Waals surface area contributed by atoms with Crippen molar-refractivity contribution >= 4 is 0 Å². The normalized spacial score (nSPS) is 20.7. The zero-order valence-corrected chi connectivity index (χ0v) is 7.20. The predicted octanol–water partition coefficient (Wildman–Crippen LogP) is 1.02. The smallest absolute Gasteiger partial charge is 0.0613 e. The number of aliphatic hydroxyl groups is 2. The van der Waals surface area contributed by atoms with Gasteiger partial charge >= 0.3 is 0 Å². The molecule has 0 aliphatic heterocycles. The standard InChI is InChI=1S/C8H18O2/c1-5(2)8(10)6(3)7(4)9/h5-10H,1-4H3/t6-,7-,8-/m0/s1. The summed E-state index contributed by atoms with van der Waals surface area (Å²) < 4.78 is 0. The molecule has 62 valence electrons. The second kappa shape index (κ2) is 3.94. The first-order chi connectivity index (χ1) is 4.46. The van der Waals surface area contributed by atoms with Gasteiger partial charge in [-0.2, -0.15) is 0 Å². The van der Waals surface area contributed by atoms with Crippen LogP contribution in [0.2, 0.25) is 0 Å². The lowest BCUT2D eigenvalue weighted by atomic mass is 9.91. The minimum Gasteiger partial charge on any atom is -0.393 e. The molecule has 0 aromatic rings. The van der Waals surface area contributed by atoms with Crippen LogP contribution in [0.1, 0.15) is 27.7 Å². The second-order valence-electron chi connectivity index (χ2n) is 3.33. The molecule has 0 spiro atoms. The van der Waals surface area contributed by atoms with Crippen molar-refractivity contribution in [3.63, 3.8) is 0 Å². The number of rotatable bonds is 3. The van der Waals surface area contributed by atoms with E-state index >= 15 is 0 Å². The van der Waals surface area contributed by atoms with Crippen molar-refractivity contribution in [2.45, 2.75) is 39.9 Å². The Hall–Kier alpha value is -0.0800. The number of aliphatic hydroxyl groups excluding tert-OH is 2. The van der Waals surface area contributed by atoms with Crippen LogP contribution in [0.25, 0.3) is 0 Å². The quantitative estimate of drug-likeness (QED) is 0.624. The molecule has 0 aromatic heterocycles. The molecular formula is C8H18O2. The molecule has 3 atom stereocenters. The zero-order valence-electron chi connectivity index (χ0n) is 7.20. The van der Waals surface area contributed by atoms with E-state index in [4.69, 9.17) is 5.11 Å². The van der Waals surface area contributed by atoms with Crippen molar-refractivity contribution in [3.05, 3.63) is 0 Å². The van der Waals surface area contributed by atoms with E-state index in [1.54, 1.807) is 6.92 Å². The van der Waals surface area contributed by atoms with Crippen molar-refractivity contribution < 1.29 is 10.2 Å². The number of hydrogen-bond acceptors (Lipinski definition) is 2. The molecule has 0 amide bonds. The number of hydrogen-bond donors (Lipinski definition) is 2. The SMILES string of the molecule is CC(C)[C@H](O)[C@@H](C)[C@H](C)O. The summed E-state index contributed by atoms with van der Waals surface area (Å²) in [5.74, 6) is 0.199. The fourth-order valence-corrected chi connectivity index (χ4v) is 0.892. The summed E-state index contributed by atoms with van der Waals surface area (Å²) in [4.78, 5) is 0. The Bertz CT molecular complexity index is 77.3. The first kappa shape index (κ1) is 9.92. The molecule has 0 rings (SSSR count). The van der Waals surface area contributed by atoms with Gasteiger partial charge in [-0.1, -0.05) is 20.8 Å². The van der Waals surface area contributed by atoms with E-state index in [0.29, 0.717) is 0 Å². The summed E-state index contributed by atoms with van der Waals surface area (Å²) in [6.07, 6.45) is -0.808. The summed E-state index contributed by atoms with van der Waals surface area (Å²) in [5.41, 5.74) is 0. The van der Waals surface area contributed by atoms with Gasteiger partial charge in [0.2, 0.25) is 0 Å². The summed E-state index contributed by atoms with van der Waals surface area (Å²) >= 11 is 0. The van der Waals surface area contributed by atoms with Crippen LogP contribution in [0, 0.1) is 11.8 Å². The maximum absolute atomic E-state index is 9.41. The third kappa shape index (κ3) is 2.67. The highest BCUT2D eigenvalue weighted by Gasteiger charge is 2.21. The second-order valence-corrected chi connectivity index (χ2v) is 3.33. The van der Waals surface area contributed by atoms with Gasteiger partial charge < -0.3 is 10.2 Å². The molecule has 0 bridgehead atoms. The minimum absolute atomic E-state index is 0.0278. The van der Waals surface area contributed by atoms with Crippen molar-refractivity contribution in [1.82, 2.24) is 0 Å². The Balaban J connectivity index is 3.81. The van der Waals surface area contributed by atoms with Crippen LogP contribution in [-0.2, 0) is 0 Å². The molecule has 2 nitrogen and oxygen atoms in total. The van der Waals surface area contributed by atoms with Crippen molar-refractivity contribution in [1.29, 1.82) is 0 Å². The van der Waals surface area contributed by atoms with E-state index in [1.807, 2.05) is 20.8 Å². The van der Waals surface area contributed by atoms with Gasteiger partial charge in [0.1, 0.15) is 0 Å². The minimum atomic E-state index is -0.419. The van der Waals surface area contributed by atoms with E-state index < -0.39 is 6.10 Å². The van der Waals surface area contributed by atoms with Crippen LogP contribution in [0.4, 0.5) is 0 Å². The zero-order chi connectivity index (χ0) is 8.31. The molecule has 0 aliphatic carbocycles. The Morgan fingerprint density at radius 3 is 1.40 bits per heavy atom. The molecule has 0 saturated heterocycles. The maximum Gasteiger partial charge on any atom is 0.0613 e. The molecule has 2 heteroatoms. The lowest BCUT2D eigenvalue weighted by Crippen LogP contribution is -2.31. The van der Waals surface area contributed by atoms with E-state index in [-0.39, 0.29) is 17.9 Å². The Morgan fingerprint density at radius 1 is 0.900 bits per heavy atom. The highest BCUT2D eigenvalue weighted by Crippen LogP contribution is 2.15. The summed E-state index contributed by atoms with van der Waals surface area (Å²) in [6.45, 7) is 7.46. The predicted molar refractivity (Wildman–Crippen MR) is 41.7 cm³/mol. The van der Waals surface area contributed by atoms with E-state index in [0.717, 1.165) is 0 Å². The van der Waals surface area contributed by atoms with Crippen LogP contribution in [0.3, 0.4) is 0 Å².